The summed E-state index contributed by atoms with van der Waals surface area (Å²) in [6.07, 6.45) is 11.3. The Morgan fingerprint density at radius 2 is 1.85 bits per heavy atom. The molecule has 2 aromatic heterocycles. The van der Waals surface area contributed by atoms with Crippen LogP contribution in [0.2, 0.25) is 0 Å². The van der Waals surface area contributed by atoms with Gasteiger partial charge in [0.15, 0.2) is 0 Å². The standard InChI is InChI=1S/C18H12NO.C17H19N.Ir/c1-12-9-10-16(19-11-12)15-7-4-6-14-13-5-2-3-8-17(13)20-18(14)15;1-14(15-8-4-2-5-9-15)12-13-17(18)16-10-6-3-7-11-16;/h2-6,8-11H,1H3;3,6-7,10,12-13,15H,1-2,4-5,8-9H2;/q-1;-2;+3/b;13-12-;/i1D3,9D,10D;;. The van der Waals surface area contributed by atoms with Gasteiger partial charge in [-0.15, -0.1) is 54.6 Å². The van der Waals surface area contributed by atoms with Crippen LogP contribution in [0.15, 0.2) is 108 Å². The molecule has 196 valence electrons. The second-order valence-corrected chi connectivity index (χ2v) is 9.37. The Morgan fingerprint density at radius 3 is 2.64 bits per heavy atom. The molecule has 3 nitrogen and oxygen atoms in total. The fourth-order valence-corrected chi connectivity index (χ4v) is 4.75. The molecule has 0 saturated heterocycles. The van der Waals surface area contributed by atoms with Crippen LogP contribution < -0.4 is 0 Å². The number of hydrogen-bond donors (Lipinski definition) is 0. The van der Waals surface area contributed by atoms with E-state index < -0.39 is 6.85 Å². The maximum Gasteiger partial charge on any atom is 3.00 e. The van der Waals surface area contributed by atoms with Gasteiger partial charge in [-0.2, -0.15) is 5.56 Å². The maximum absolute atomic E-state index is 9.93. The van der Waals surface area contributed by atoms with Crippen LogP contribution in [0.1, 0.15) is 50.1 Å². The molecule has 3 aromatic carbocycles. The number of pyridine rings is 1. The van der Waals surface area contributed by atoms with Gasteiger partial charge in [-0.05, 0) is 42.9 Å². The number of hydrogen-bond acceptors (Lipinski definition) is 2. The molecule has 0 unspecified atom stereocenters. The van der Waals surface area contributed by atoms with Crippen molar-refractivity contribution < 1.29 is 31.4 Å². The Bertz CT molecular complexity index is 1810. The molecule has 2 heterocycles. The average molecular weight is 693 g/mol. The largest absolute Gasteiger partial charge is 3.00 e. The molecule has 1 saturated carbocycles. The van der Waals surface area contributed by atoms with Crippen molar-refractivity contribution in [3.63, 3.8) is 0 Å². The molecular formula is C35H31IrN2O. The summed E-state index contributed by atoms with van der Waals surface area (Å²) in [7, 11) is 0. The third-order valence-corrected chi connectivity index (χ3v) is 6.78. The van der Waals surface area contributed by atoms with E-state index in [0.717, 1.165) is 28.1 Å². The summed E-state index contributed by atoms with van der Waals surface area (Å²) in [5, 5.41) is 11.7. The first kappa shape index (κ1) is 22.2. The summed E-state index contributed by atoms with van der Waals surface area (Å²) < 4.78 is 44.5. The van der Waals surface area contributed by atoms with Crippen molar-refractivity contribution in [1.82, 2.24) is 4.98 Å². The zero-order chi connectivity index (χ0) is 30.6. The first-order valence-electron chi connectivity index (χ1n) is 15.3. The van der Waals surface area contributed by atoms with Crippen LogP contribution in [-0.4, -0.2) is 10.7 Å². The molecule has 1 fully saturated rings. The summed E-state index contributed by atoms with van der Waals surface area (Å²) in [5.41, 5.74) is 3.74. The SMILES string of the molecule is C=C(/C=C\C(=[N-])c1[c-]cccc1)C1CCCCC1.[2H]c1c(C([2H])([2H])[2H])cnc(-c2[c-]ccc3c2oc2ccccc23)c1[2H].[Ir+3]. The van der Waals surface area contributed by atoms with Crippen molar-refractivity contribution in [3.05, 3.63) is 132 Å². The molecular weight excluding hydrogens is 657 g/mol. The molecule has 0 radical (unpaired) electrons. The van der Waals surface area contributed by atoms with E-state index in [4.69, 9.17) is 11.3 Å². The van der Waals surface area contributed by atoms with E-state index >= 15 is 0 Å². The van der Waals surface area contributed by atoms with Crippen LogP contribution in [0.3, 0.4) is 0 Å². The molecule has 4 heteroatoms. The Kier molecular flexibility index (Phi) is 7.68. The van der Waals surface area contributed by atoms with E-state index in [0.29, 0.717) is 22.6 Å². The monoisotopic (exact) mass is 693 g/mol. The minimum atomic E-state index is -2.48. The van der Waals surface area contributed by atoms with Gasteiger partial charge in [0.2, 0.25) is 0 Å². The van der Waals surface area contributed by atoms with Gasteiger partial charge < -0.3 is 14.8 Å². The molecule has 0 N–H and O–H groups in total. The molecule has 0 amide bonds. The molecule has 1 aliphatic carbocycles. The van der Waals surface area contributed by atoms with E-state index in [-0.39, 0.29) is 49.2 Å². The number of allylic oxidation sites excluding steroid dienone is 3. The van der Waals surface area contributed by atoms with Gasteiger partial charge in [0.25, 0.3) is 0 Å². The predicted molar refractivity (Wildman–Crippen MR) is 158 cm³/mol. The average Bonchev–Trinajstić information content (AvgIpc) is 3.41. The van der Waals surface area contributed by atoms with Crippen LogP contribution >= 0.6 is 0 Å². The second-order valence-electron chi connectivity index (χ2n) is 9.37. The molecule has 1 aliphatic rings. The minimum absolute atomic E-state index is 0. The number of para-hydroxylation sites is 1. The number of fused-ring (bicyclic) bond motifs is 3. The normalized spacial score (nSPS) is 15.7. The van der Waals surface area contributed by atoms with Gasteiger partial charge in [-0.1, -0.05) is 78.7 Å². The van der Waals surface area contributed by atoms with Crippen molar-refractivity contribution in [3.8, 4) is 11.3 Å². The number of furan rings is 1. The van der Waals surface area contributed by atoms with Gasteiger partial charge in [0.1, 0.15) is 5.58 Å². The quantitative estimate of drug-likeness (QED) is 0.105. The van der Waals surface area contributed by atoms with Gasteiger partial charge >= 0.3 is 20.1 Å². The number of benzene rings is 3. The molecule has 5 aromatic rings. The van der Waals surface area contributed by atoms with Crippen molar-refractivity contribution in [2.45, 2.75) is 39.0 Å². The molecule has 6 rings (SSSR count). The smallest absolute Gasteiger partial charge is 0.855 e. The Labute approximate surface area is 251 Å². The third-order valence-electron chi connectivity index (χ3n) is 6.78. The van der Waals surface area contributed by atoms with E-state index in [1.807, 2.05) is 54.6 Å². The topological polar surface area (TPSA) is 48.3 Å². The van der Waals surface area contributed by atoms with Gasteiger partial charge in [-0.3, -0.25) is 0 Å². The van der Waals surface area contributed by atoms with Crippen LogP contribution in [0.4, 0.5) is 0 Å². The van der Waals surface area contributed by atoms with Gasteiger partial charge in [0, 0.05) is 15.7 Å². The van der Waals surface area contributed by atoms with E-state index in [1.54, 1.807) is 18.2 Å². The van der Waals surface area contributed by atoms with Gasteiger partial charge in [0.05, 0.1) is 8.32 Å². The van der Waals surface area contributed by atoms with Crippen LogP contribution in [0.5, 0.6) is 0 Å². The number of aromatic nitrogens is 1. The first-order valence-corrected chi connectivity index (χ1v) is 12.8. The summed E-state index contributed by atoms with van der Waals surface area (Å²) in [5.74, 6) is 0.600. The fourth-order valence-electron chi connectivity index (χ4n) is 4.75. The number of aryl methyl sites for hydroxylation is 1. The Morgan fingerprint density at radius 1 is 1.03 bits per heavy atom. The van der Waals surface area contributed by atoms with Gasteiger partial charge in [-0.25, -0.2) is 5.71 Å². The number of rotatable bonds is 5. The number of nitrogens with zero attached hydrogens (tertiary/aromatic N) is 2. The van der Waals surface area contributed by atoms with Crippen molar-refractivity contribution >= 4 is 27.7 Å². The molecule has 0 aliphatic heterocycles. The van der Waals surface area contributed by atoms with Crippen molar-refractivity contribution in [1.29, 1.82) is 0 Å². The molecule has 0 bridgehead atoms. The van der Waals surface area contributed by atoms with E-state index in [1.165, 1.54) is 32.1 Å². The summed E-state index contributed by atoms with van der Waals surface area (Å²) in [6, 6.07) is 24.0. The first-order chi connectivity index (χ1) is 20.6. The predicted octanol–water partition coefficient (Wildman–Crippen LogP) is 9.29. The maximum atomic E-state index is 9.93. The van der Waals surface area contributed by atoms with Crippen molar-refractivity contribution in [2.24, 2.45) is 5.92 Å². The fraction of sp³-hybridized carbons (Fsp3) is 0.200. The Hall–Kier alpha value is -3.59. The molecule has 0 spiro atoms. The van der Waals surface area contributed by atoms with E-state index in [2.05, 4.69) is 23.7 Å². The summed E-state index contributed by atoms with van der Waals surface area (Å²) >= 11 is 0. The second kappa shape index (κ2) is 13.5. The molecule has 0 atom stereocenters. The summed E-state index contributed by atoms with van der Waals surface area (Å²) in [6.45, 7) is 1.64. The van der Waals surface area contributed by atoms with Crippen LogP contribution in [0.25, 0.3) is 38.6 Å². The Balaban J connectivity index is 0.000000207. The van der Waals surface area contributed by atoms with Crippen LogP contribution in [-0.2, 0) is 20.1 Å². The zero-order valence-electron chi connectivity index (χ0n) is 26.5. The van der Waals surface area contributed by atoms with E-state index in [9.17, 15) is 5.41 Å². The molecule has 39 heavy (non-hydrogen) atoms. The van der Waals surface area contributed by atoms with Crippen LogP contribution in [0, 0.1) is 24.9 Å². The summed E-state index contributed by atoms with van der Waals surface area (Å²) in [4.78, 5) is 4.14. The zero-order valence-corrected chi connectivity index (χ0v) is 23.9. The van der Waals surface area contributed by atoms with Crippen molar-refractivity contribution in [2.75, 3.05) is 0 Å². The third kappa shape index (κ3) is 6.89. The minimum Gasteiger partial charge on any atom is -0.855 e.